The average Bonchev–Trinajstić information content (AvgIpc) is 3.14. The number of hydrogen-bond acceptors (Lipinski definition) is 4. The van der Waals surface area contributed by atoms with Crippen LogP contribution in [-0.4, -0.2) is 25.4 Å². The van der Waals surface area contributed by atoms with Gasteiger partial charge in [-0.1, -0.05) is 36.4 Å². The summed E-state index contributed by atoms with van der Waals surface area (Å²) in [5.74, 6) is -0.519. The molecule has 6 nitrogen and oxygen atoms in total. The lowest BCUT2D eigenvalue weighted by Crippen LogP contribution is -2.05. The highest BCUT2D eigenvalue weighted by Crippen LogP contribution is 2.35. The third-order valence-electron chi connectivity index (χ3n) is 5.57. The van der Waals surface area contributed by atoms with Gasteiger partial charge in [0.05, 0.1) is 27.9 Å². The molecule has 0 saturated carbocycles. The molecular formula is C26H21N3O3. The number of hydrogen-bond donors (Lipinski definition) is 1. The summed E-state index contributed by atoms with van der Waals surface area (Å²) in [4.78, 5) is 21.6. The highest BCUT2D eigenvalue weighted by Gasteiger charge is 2.21. The molecule has 5 rings (SSSR count). The summed E-state index contributed by atoms with van der Waals surface area (Å²) in [6, 6.07) is 18.9. The maximum absolute atomic E-state index is 12.3. The molecule has 0 spiro atoms. The molecule has 1 N–H and O–H groups in total. The molecule has 0 atom stereocenters. The standard InChI is InChI=1S/C26H21N3O3/c1-16-9-10-21(32-15-18-7-4-3-5-8-18)23-19(26(30)31)14-20(28-24(16)23)25-17(2)13-22-27-11-6-12-29(22)25/h3-14H,15H2,1-2H3,(H,30,31). The molecule has 6 heteroatoms. The smallest absolute Gasteiger partial charge is 0.336 e. The van der Waals surface area contributed by atoms with Crippen LogP contribution in [-0.2, 0) is 6.61 Å². The maximum atomic E-state index is 12.3. The van der Waals surface area contributed by atoms with Gasteiger partial charge in [-0.15, -0.1) is 0 Å². The topological polar surface area (TPSA) is 76.7 Å². The van der Waals surface area contributed by atoms with Gasteiger partial charge in [0.2, 0.25) is 0 Å². The number of ether oxygens (including phenoxy) is 1. The Kier molecular flexibility index (Phi) is 4.82. The number of pyridine rings is 1. The monoisotopic (exact) mass is 423 g/mol. The minimum absolute atomic E-state index is 0.162. The third-order valence-corrected chi connectivity index (χ3v) is 5.57. The summed E-state index contributed by atoms with van der Waals surface area (Å²) in [5, 5.41) is 10.6. The van der Waals surface area contributed by atoms with Crippen LogP contribution in [0.5, 0.6) is 5.75 Å². The summed E-state index contributed by atoms with van der Waals surface area (Å²) in [6.45, 7) is 4.24. The van der Waals surface area contributed by atoms with E-state index in [2.05, 4.69) is 4.98 Å². The van der Waals surface area contributed by atoms with Gasteiger partial charge in [-0.2, -0.15) is 0 Å². The molecule has 5 aromatic rings. The maximum Gasteiger partial charge on any atom is 0.336 e. The number of carboxylic acid groups (broad SMARTS) is 1. The van der Waals surface area contributed by atoms with E-state index in [9.17, 15) is 9.90 Å². The number of fused-ring (bicyclic) bond motifs is 2. The Hall–Kier alpha value is -4.19. The van der Waals surface area contributed by atoms with Crippen molar-refractivity contribution in [2.24, 2.45) is 0 Å². The van der Waals surface area contributed by atoms with Gasteiger partial charge >= 0.3 is 5.97 Å². The predicted molar refractivity (Wildman–Crippen MR) is 123 cm³/mol. The highest BCUT2D eigenvalue weighted by atomic mass is 16.5. The molecule has 0 radical (unpaired) electrons. The number of aryl methyl sites for hydroxylation is 2. The number of aromatic carboxylic acids is 1. The van der Waals surface area contributed by atoms with Crippen LogP contribution in [0.3, 0.4) is 0 Å². The van der Waals surface area contributed by atoms with E-state index in [1.807, 2.05) is 79.0 Å². The van der Waals surface area contributed by atoms with E-state index >= 15 is 0 Å². The Bertz CT molecular complexity index is 1470. The molecule has 2 aromatic carbocycles. The second-order valence-corrected chi connectivity index (χ2v) is 7.76. The van der Waals surface area contributed by atoms with Crippen molar-refractivity contribution in [2.75, 3.05) is 0 Å². The second-order valence-electron chi connectivity index (χ2n) is 7.76. The van der Waals surface area contributed by atoms with Gasteiger partial charge in [-0.3, -0.25) is 4.40 Å². The summed E-state index contributed by atoms with van der Waals surface area (Å²) >= 11 is 0. The molecule has 0 aliphatic carbocycles. The Labute approximate surface area is 184 Å². The molecule has 0 aliphatic heterocycles. The van der Waals surface area contributed by atoms with Crippen LogP contribution in [0.1, 0.15) is 27.0 Å². The fourth-order valence-corrected chi connectivity index (χ4v) is 4.04. The lowest BCUT2D eigenvalue weighted by Gasteiger charge is -2.15. The first kappa shape index (κ1) is 19.8. The lowest BCUT2D eigenvalue weighted by molar-refractivity contribution is 0.0698. The predicted octanol–water partition coefficient (Wildman–Crippen LogP) is 5.44. The van der Waals surface area contributed by atoms with Crippen LogP contribution in [0.25, 0.3) is 27.9 Å². The third kappa shape index (κ3) is 3.36. The Morgan fingerprint density at radius 2 is 1.84 bits per heavy atom. The molecule has 0 aliphatic rings. The number of carboxylic acids is 1. The van der Waals surface area contributed by atoms with Crippen molar-refractivity contribution in [1.82, 2.24) is 14.4 Å². The van der Waals surface area contributed by atoms with E-state index in [4.69, 9.17) is 9.72 Å². The zero-order valence-electron chi connectivity index (χ0n) is 17.7. The second kappa shape index (κ2) is 7.81. The lowest BCUT2D eigenvalue weighted by atomic mass is 10.0. The molecule has 158 valence electrons. The SMILES string of the molecule is Cc1cc2ncccn2c1-c1cc(C(=O)O)c2c(OCc3ccccc3)ccc(C)c2n1. The quantitative estimate of drug-likeness (QED) is 0.407. The molecule has 3 heterocycles. The number of rotatable bonds is 5. The van der Waals surface area contributed by atoms with Crippen molar-refractivity contribution in [2.45, 2.75) is 20.5 Å². The largest absolute Gasteiger partial charge is 0.488 e. The molecule has 0 fully saturated rings. The zero-order valence-corrected chi connectivity index (χ0v) is 17.7. The van der Waals surface area contributed by atoms with Crippen molar-refractivity contribution in [1.29, 1.82) is 0 Å². The van der Waals surface area contributed by atoms with Gasteiger partial charge in [0.1, 0.15) is 18.0 Å². The van der Waals surface area contributed by atoms with Gasteiger partial charge in [0, 0.05) is 12.4 Å². The molecule has 0 bridgehead atoms. The van der Waals surface area contributed by atoms with Crippen LogP contribution in [0.15, 0.2) is 73.1 Å². The number of carbonyl (C=O) groups is 1. The van der Waals surface area contributed by atoms with Crippen LogP contribution in [0.4, 0.5) is 0 Å². The molecule has 3 aromatic heterocycles. The van der Waals surface area contributed by atoms with Gasteiger partial charge in [0.15, 0.2) is 0 Å². The van der Waals surface area contributed by atoms with E-state index in [0.29, 0.717) is 29.0 Å². The van der Waals surface area contributed by atoms with Crippen molar-refractivity contribution in [3.8, 4) is 17.1 Å². The van der Waals surface area contributed by atoms with Gasteiger partial charge in [-0.25, -0.2) is 14.8 Å². The normalized spacial score (nSPS) is 11.2. The van der Waals surface area contributed by atoms with E-state index in [1.165, 1.54) is 0 Å². The summed E-state index contributed by atoms with van der Waals surface area (Å²) in [6.07, 6.45) is 3.64. The van der Waals surface area contributed by atoms with E-state index in [-0.39, 0.29) is 5.56 Å². The molecular weight excluding hydrogens is 402 g/mol. The highest BCUT2D eigenvalue weighted by molar-refractivity contribution is 6.07. The van der Waals surface area contributed by atoms with Crippen LogP contribution in [0.2, 0.25) is 0 Å². The fraction of sp³-hybridized carbons (Fsp3) is 0.115. The first-order chi connectivity index (χ1) is 15.5. The van der Waals surface area contributed by atoms with Crippen LogP contribution in [0, 0.1) is 13.8 Å². The zero-order chi connectivity index (χ0) is 22.2. The van der Waals surface area contributed by atoms with Crippen LogP contribution < -0.4 is 4.74 Å². The van der Waals surface area contributed by atoms with Crippen molar-refractivity contribution >= 4 is 22.5 Å². The summed E-state index contributed by atoms with van der Waals surface area (Å²) in [7, 11) is 0. The summed E-state index contributed by atoms with van der Waals surface area (Å²) < 4.78 is 7.99. The molecule has 32 heavy (non-hydrogen) atoms. The summed E-state index contributed by atoms with van der Waals surface area (Å²) in [5.41, 5.74) is 5.84. The van der Waals surface area contributed by atoms with Gasteiger partial charge < -0.3 is 9.84 Å². The molecule has 0 saturated heterocycles. The molecule has 0 unspecified atom stereocenters. The minimum Gasteiger partial charge on any atom is -0.488 e. The first-order valence-corrected chi connectivity index (χ1v) is 10.3. The number of aromatic nitrogens is 3. The number of benzene rings is 2. The van der Waals surface area contributed by atoms with E-state index in [0.717, 1.165) is 28.0 Å². The Morgan fingerprint density at radius 3 is 2.62 bits per heavy atom. The fourth-order valence-electron chi connectivity index (χ4n) is 4.04. The van der Waals surface area contributed by atoms with Crippen molar-refractivity contribution < 1.29 is 14.6 Å². The van der Waals surface area contributed by atoms with E-state index < -0.39 is 5.97 Å². The Balaban J connectivity index is 1.71. The van der Waals surface area contributed by atoms with Gasteiger partial charge in [0.25, 0.3) is 0 Å². The molecule has 0 amide bonds. The number of nitrogens with zero attached hydrogens (tertiary/aromatic N) is 3. The van der Waals surface area contributed by atoms with Crippen LogP contribution >= 0.6 is 0 Å². The van der Waals surface area contributed by atoms with E-state index in [1.54, 1.807) is 12.3 Å². The Morgan fingerprint density at radius 1 is 1.03 bits per heavy atom. The van der Waals surface area contributed by atoms with Crippen molar-refractivity contribution in [3.05, 3.63) is 95.3 Å². The average molecular weight is 423 g/mol. The van der Waals surface area contributed by atoms with Crippen molar-refractivity contribution in [3.63, 3.8) is 0 Å². The minimum atomic E-state index is -1.02. The first-order valence-electron chi connectivity index (χ1n) is 10.3. The van der Waals surface area contributed by atoms with Gasteiger partial charge in [-0.05, 0) is 54.8 Å².